The van der Waals surface area contributed by atoms with Crippen molar-refractivity contribution in [1.29, 1.82) is 5.26 Å². The van der Waals surface area contributed by atoms with Crippen molar-refractivity contribution in [1.82, 2.24) is 0 Å². The second-order valence-corrected chi connectivity index (χ2v) is 3.76. The van der Waals surface area contributed by atoms with Crippen molar-refractivity contribution < 1.29 is 8.81 Å². The zero-order chi connectivity index (χ0) is 11.0. The first kappa shape index (κ1) is 9.72. The summed E-state index contributed by atoms with van der Waals surface area (Å²) in [4.78, 5) is 0. The van der Waals surface area contributed by atoms with E-state index in [0.29, 0.717) is 16.5 Å². The minimum Gasteiger partial charge on any atom is -0.445 e. The van der Waals surface area contributed by atoms with Crippen LogP contribution in [0.5, 0.6) is 0 Å². The predicted octanol–water partition coefficient (Wildman–Crippen LogP) is 3.57. The summed E-state index contributed by atoms with van der Waals surface area (Å²) < 4.78 is 19.0. The molecule has 3 heteroatoms. The smallest absolute Gasteiger partial charge is 0.204 e. The molecule has 2 aromatic rings. The summed E-state index contributed by atoms with van der Waals surface area (Å²) in [6.07, 6.45) is 0. The zero-order valence-electron chi connectivity index (χ0n) is 8.54. The van der Waals surface area contributed by atoms with Crippen LogP contribution >= 0.6 is 0 Å². The molecule has 0 aliphatic rings. The summed E-state index contributed by atoms with van der Waals surface area (Å²) in [7, 11) is 0. The van der Waals surface area contributed by atoms with Gasteiger partial charge in [0.15, 0.2) is 0 Å². The molecule has 2 rings (SSSR count). The third-order valence-corrected chi connectivity index (χ3v) is 2.40. The summed E-state index contributed by atoms with van der Waals surface area (Å²) in [6.45, 7) is 3.85. The fourth-order valence-corrected chi connectivity index (χ4v) is 1.60. The van der Waals surface area contributed by atoms with Gasteiger partial charge in [0, 0.05) is 6.07 Å². The first-order valence-electron chi connectivity index (χ1n) is 4.75. The van der Waals surface area contributed by atoms with E-state index in [-0.39, 0.29) is 17.5 Å². The molecule has 1 aromatic carbocycles. The number of fused-ring (bicyclic) bond motifs is 1. The number of hydrogen-bond acceptors (Lipinski definition) is 2. The molecule has 0 spiro atoms. The highest BCUT2D eigenvalue weighted by molar-refractivity contribution is 5.80. The van der Waals surface area contributed by atoms with E-state index in [1.807, 2.05) is 19.9 Å². The Morgan fingerprint density at radius 2 is 2.13 bits per heavy atom. The molecule has 0 aliphatic heterocycles. The van der Waals surface area contributed by atoms with Crippen molar-refractivity contribution >= 4 is 11.0 Å². The van der Waals surface area contributed by atoms with Gasteiger partial charge in [-0.3, -0.25) is 0 Å². The van der Waals surface area contributed by atoms with Crippen LogP contribution in [0, 0.1) is 17.1 Å². The van der Waals surface area contributed by atoms with Gasteiger partial charge in [-0.2, -0.15) is 5.26 Å². The number of benzene rings is 1. The molecule has 0 aliphatic carbocycles. The Morgan fingerprint density at radius 1 is 1.40 bits per heavy atom. The molecule has 0 bridgehead atoms. The molecular weight excluding hydrogens is 193 g/mol. The lowest BCUT2D eigenvalue weighted by Crippen LogP contribution is -1.92. The fraction of sp³-hybridized carbons (Fsp3) is 0.250. The Kier molecular flexibility index (Phi) is 2.20. The second-order valence-electron chi connectivity index (χ2n) is 3.76. The maximum atomic E-state index is 13.9. The Bertz CT molecular complexity index is 548. The van der Waals surface area contributed by atoms with Crippen molar-refractivity contribution in [2.24, 2.45) is 0 Å². The van der Waals surface area contributed by atoms with E-state index in [4.69, 9.17) is 9.68 Å². The summed E-state index contributed by atoms with van der Waals surface area (Å²) in [5.41, 5.74) is 1.07. The number of furan rings is 1. The highest BCUT2D eigenvalue weighted by Crippen LogP contribution is 2.28. The van der Waals surface area contributed by atoms with Crippen molar-refractivity contribution in [3.63, 3.8) is 0 Å². The van der Waals surface area contributed by atoms with Gasteiger partial charge in [0.2, 0.25) is 5.76 Å². The average Bonchev–Trinajstić information content (AvgIpc) is 2.61. The van der Waals surface area contributed by atoms with Crippen LogP contribution in [0.2, 0.25) is 0 Å². The molecule has 0 amide bonds. The van der Waals surface area contributed by atoms with E-state index >= 15 is 0 Å². The van der Waals surface area contributed by atoms with Crippen LogP contribution in [0.3, 0.4) is 0 Å². The minimum atomic E-state index is -0.284. The van der Waals surface area contributed by atoms with Crippen molar-refractivity contribution in [3.05, 3.63) is 35.3 Å². The Labute approximate surface area is 86.9 Å². The van der Waals surface area contributed by atoms with Gasteiger partial charge in [-0.25, -0.2) is 4.39 Å². The van der Waals surface area contributed by atoms with Crippen molar-refractivity contribution in [2.75, 3.05) is 0 Å². The molecule has 1 heterocycles. The van der Waals surface area contributed by atoms with E-state index in [0.717, 1.165) is 0 Å². The summed E-state index contributed by atoms with van der Waals surface area (Å²) in [5.74, 6) is -0.0209. The Balaban J connectivity index is 2.74. The van der Waals surface area contributed by atoms with Gasteiger partial charge in [0.25, 0.3) is 0 Å². The monoisotopic (exact) mass is 203 g/mol. The average molecular weight is 203 g/mol. The van der Waals surface area contributed by atoms with Crippen LogP contribution in [-0.4, -0.2) is 0 Å². The predicted molar refractivity (Wildman–Crippen MR) is 55.0 cm³/mol. The van der Waals surface area contributed by atoms with Crippen LogP contribution in [-0.2, 0) is 0 Å². The maximum absolute atomic E-state index is 13.9. The molecule has 0 N–H and O–H groups in total. The lowest BCUT2D eigenvalue weighted by Gasteiger charge is -2.06. The van der Waals surface area contributed by atoms with Crippen molar-refractivity contribution in [3.8, 4) is 6.07 Å². The lowest BCUT2D eigenvalue weighted by atomic mass is 10.0. The van der Waals surface area contributed by atoms with Gasteiger partial charge >= 0.3 is 0 Å². The molecule has 1 aromatic heterocycles. The van der Waals surface area contributed by atoms with E-state index in [1.54, 1.807) is 12.1 Å². The first-order chi connectivity index (χ1) is 7.13. The highest BCUT2D eigenvalue weighted by Gasteiger charge is 2.13. The SMILES string of the molecule is CC(C)c1ccc2oc(C#N)cc2c1F. The third kappa shape index (κ3) is 1.48. The molecule has 0 saturated heterocycles. The molecule has 0 unspecified atom stereocenters. The van der Waals surface area contributed by atoms with Gasteiger partial charge in [-0.05, 0) is 17.5 Å². The van der Waals surface area contributed by atoms with Gasteiger partial charge in [-0.1, -0.05) is 19.9 Å². The van der Waals surface area contributed by atoms with Crippen LogP contribution in [0.1, 0.15) is 31.1 Å². The Morgan fingerprint density at radius 3 is 2.73 bits per heavy atom. The molecular formula is C12H10FNO. The number of rotatable bonds is 1. The maximum Gasteiger partial charge on any atom is 0.204 e. The van der Waals surface area contributed by atoms with Crippen LogP contribution in [0.25, 0.3) is 11.0 Å². The van der Waals surface area contributed by atoms with E-state index < -0.39 is 0 Å². The van der Waals surface area contributed by atoms with Crippen LogP contribution in [0.4, 0.5) is 4.39 Å². The number of hydrogen-bond donors (Lipinski definition) is 0. The summed E-state index contributed by atoms with van der Waals surface area (Å²) in [5, 5.41) is 9.03. The zero-order valence-corrected chi connectivity index (χ0v) is 8.54. The minimum absolute atomic E-state index is 0.120. The number of halogens is 1. The van der Waals surface area contributed by atoms with E-state index in [9.17, 15) is 4.39 Å². The van der Waals surface area contributed by atoms with Crippen molar-refractivity contribution in [2.45, 2.75) is 19.8 Å². The lowest BCUT2D eigenvalue weighted by molar-refractivity contribution is 0.591. The number of nitriles is 1. The standard InChI is InChI=1S/C12H10FNO/c1-7(2)9-3-4-11-10(12(9)13)5-8(6-14)15-11/h3-5,7H,1-2H3. The third-order valence-electron chi connectivity index (χ3n) is 2.40. The quantitative estimate of drug-likeness (QED) is 0.710. The topological polar surface area (TPSA) is 36.9 Å². The van der Waals surface area contributed by atoms with Gasteiger partial charge < -0.3 is 4.42 Å². The molecule has 0 saturated carbocycles. The molecule has 76 valence electrons. The summed E-state index contributed by atoms with van der Waals surface area (Å²) >= 11 is 0. The Hall–Kier alpha value is -1.82. The molecule has 0 fully saturated rings. The molecule has 0 radical (unpaired) electrons. The molecule has 15 heavy (non-hydrogen) atoms. The first-order valence-corrected chi connectivity index (χ1v) is 4.75. The van der Waals surface area contributed by atoms with Crippen LogP contribution < -0.4 is 0 Å². The molecule has 0 atom stereocenters. The normalized spacial score (nSPS) is 10.9. The van der Waals surface area contributed by atoms with Gasteiger partial charge in [-0.15, -0.1) is 0 Å². The van der Waals surface area contributed by atoms with Crippen LogP contribution in [0.15, 0.2) is 22.6 Å². The summed E-state index contributed by atoms with van der Waals surface area (Å²) in [6, 6.07) is 6.70. The number of nitrogens with zero attached hydrogens (tertiary/aromatic N) is 1. The largest absolute Gasteiger partial charge is 0.445 e. The van der Waals surface area contributed by atoms with E-state index in [2.05, 4.69) is 0 Å². The highest BCUT2D eigenvalue weighted by atomic mass is 19.1. The van der Waals surface area contributed by atoms with Gasteiger partial charge in [0.1, 0.15) is 17.5 Å². The fourth-order valence-electron chi connectivity index (χ4n) is 1.60. The second kappa shape index (κ2) is 3.39. The van der Waals surface area contributed by atoms with Gasteiger partial charge in [0.05, 0.1) is 5.39 Å². The molecule has 2 nitrogen and oxygen atoms in total. The van der Waals surface area contributed by atoms with E-state index in [1.165, 1.54) is 6.07 Å².